The molecule has 44 heavy (non-hydrogen) atoms. The highest BCUT2D eigenvalue weighted by Gasteiger charge is 2.07. The van der Waals surface area contributed by atoms with Crippen LogP contribution in [0.4, 0.5) is 0 Å². The van der Waals surface area contributed by atoms with Gasteiger partial charge in [0.05, 0.1) is 26.0 Å². The van der Waals surface area contributed by atoms with E-state index >= 15 is 0 Å². The Labute approximate surface area is 262 Å². The van der Waals surface area contributed by atoms with E-state index < -0.39 is 10.1 Å². The lowest BCUT2D eigenvalue weighted by molar-refractivity contribution is -0.884. The molecular weight excluding hydrogens is 563 g/mol. The molecule has 0 fully saturated rings. The molecule has 5 rings (SSSR count). The van der Waals surface area contributed by atoms with Crippen LogP contribution in [0.1, 0.15) is 33.4 Å². The van der Waals surface area contributed by atoms with Gasteiger partial charge in [0.2, 0.25) is 0 Å². The average Bonchev–Trinajstić information content (AvgIpc) is 3.00. The Morgan fingerprint density at radius 3 is 1.52 bits per heavy atom. The van der Waals surface area contributed by atoms with Gasteiger partial charge in [0.25, 0.3) is 0 Å². The molecule has 0 saturated heterocycles. The van der Waals surface area contributed by atoms with Crippen LogP contribution in [-0.2, 0) is 16.7 Å². The van der Waals surface area contributed by atoms with Gasteiger partial charge in [-0.05, 0) is 51.9 Å². The second kappa shape index (κ2) is 14.8. The van der Waals surface area contributed by atoms with Crippen LogP contribution in [-0.4, -0.2) is 38.6 Å². The lowest BCUT2D eigenvalue weighted by Gasteiger charge is -2.23. The van der Waals surface area contributed by atoms with Crippen molar-refractivity contribution in [3.05, 3.63) is 161 Å². The maximum Gasteiger partial charge on any atom is 0.125 e. The molecule has 5 aromatic carbocycles. The Hall–Kier alpha value is -4.55. The molecule has 0 aliphatic rings. The first-order valence-electron chi connectivity index (χ1n) is 14.5. The Bertz CT molecular complexity index is 1820. The van der Waals surface area contributed by atoms with E-state index in [-0.39, 0.29) is 4.90 Å². The van der Waals surface area contributed by atoms with E-state index in [0.29, 0.717) is 5.56 Å². The maximum atomic E-state index is 11.4. The summed E-state index contributed by atoms with van der Waals surface area (Å²) in [5, 5.41) is 0. The maximum absolute atomic E-state index is 11.4. The quantitative estimate of drug-likeness (QED) is 0.101. The lowest BCUT2D eigenvalue weighted by atomic mass is 10.0. The van der Waals surface area contributed by atoms with Gasteiger partial charge >= 0.3 is 0 Å². The van der Waals surface area contributed by atoms with Crippen LogP contribution in [0.5, 0.6) is 0 Å². The van der Waals surface area contributed by atoms with Gasteiger partial charge in [-0.2, -0.15) is 0 Å². The summed E-state index contributed by atoms with van der Waals surface area (Å²) < 4.78 is 35.3. The minimum Gasteiger partial charge on any atom is -0.744 e. The van der Waals surface area contributed by atoms with E-state index in [1.165, 1.54) is 22.8 Å². The topological polar surface area (TPSA) is 57.2 Å². The first-order valence-corrected chi connectivity index (χ1v) is 15.9. The number of nitrogens with zero attached hydrogens (tertiary/aromatic N) is 1. The van der Waals surface area contributed by atoms with Gasteiger partial charge in [-0.15, -0.1) is 0 Å². The molecule has 0 saturated carbocycles. The fourth-order valence-corrected chi connectivity index (χ4v) is 5.37. The van der Waals surface area contributed by atoms with Gasteiger partial charge < -0.3 is 9.04 Å². The Morgan fingerprint density at radius 1 is 0.568 bits per heavy atom. The standard InChI is InChI=1S/C29H24O3S.C10H16N/c1-22-6-2-3-7-25(22)16-10-23-11-17-26(18-12-23)27-19-13-24(14-20-27)15-21-28-8-4-5-9-29(28)33(30,31)32;1-11(2,3)9-10-7-5-4-6-8-10/h2-21H,1H3,(H,30,31,32);4-8H,9H2,1-3H3/q;+1/p-1/b16-10+,21-15+;. The van der Waals surface area contributed by atoms with Crippen LogP contribution in [0.2, 0.25) is 0 Å². The van der Waals surface area contributed by atoms with E-state index in [9.17, 15) is 13.0 Å². The van der Waals surface area contributed by atoms with Gasteiger partial charge in [0.15, 0.2) is 0 Å². The molecule has 224 valence electrons. The van der Waals surface area contributed by atoms with Crippen LogP contribution in [0.3, 0.4) is 0 Å². The Kier molecular flexibility index (Phi) is 10.9. The fourth-order valence-electron chi connectivity index (χ4n) is 4.70. The van der Waals surface area contributed by atoms with Gasteiger partial charge in [0, 0.05) is 5.56 Å². The highest BCUT2D eigenvalue weighted by atomic mass is 32.2. The SMILES string of the molecule is C[N+](C)(C)Cc1ccccc1.Cc1ccccc1/C=C/c1ccc(-c2ccc(/C=C/c3ccccc3S(=O)(=O)[O-])cc2)cc1. The lowest BCUT2D eigenvalue weighted by Crippen LogP contribution is -2.33. The van der Waals surface area contributed by atoms with E-state index in [2.05, 4.69) is 107 Å². The van der Waals surface area contributed by atoms with E-state index in [4.69, 9.17) is 0 Å². The van der Waals surface area contributed by atoms with Crippen LogP contribution in [0.15, 0.2) is 132 Å². The predicted molar refractivity (Wildman–Crippen MR) is 183 cm³/mol. The zero-order valence-corrected chi connectivity index (χ0v) is 26.5. The number of benzene rings is 5. The molecule has 0 bridgehead atoms. The average molecular weight is 602 g/mol. The smallest absolute Gasteiger partial charge is 0.125 e. The number of hydrogen-bond donors (Lipinski definition) is 0. The molecule has 0 unspecified atom stereocenters. The largest absolute Gasteiger partial charge is 0.744 e. The number of aryl methyl sites for hydroxylation is 1. The summed E-state index contributed by atoms with van der Waals surface area (Å²) in [6.45, 7) is 3.20. The Morgan fingerprint density at radius 2 is 1.02 bits per heavy atom. The van der Waals surface area contributed by atoms with Crippen molar-refractivity contribution in [2.45, 2.75) is 18.4 Å². The van der Waals surface area contributed by atoms with Gasteiger partial charge in [0.1, 0.15) is 16.7 Å². The first-order chi connectivity index (χ1) is 21.0. The van der Waals surface area contributed by atoms with E-state index in [0.717, 1.165) is 33.3 Å². The third kappa shape index (κ3) is 10.0. The highest BCUT2D eigenvalue weighted by Crippen LogP contribution is 2.23. The minimum atomic E-state index is -4.51. The van der Waals surface area contributed by atoms with Crippen LogP contribution >= 0.6 is 0 Å². The van der Waals surface area contributed by atoms with Crippen molar-refractivity contribution >= 4 is 34.4 Å². The molecule has 5 aromatic rings. The van der Waals surface area contributed by atoms with Crippen molar-refractivity contribution in [2.24, 2.45) is 0 Å². The third-order valence-electron chi connectivity index (χ3n) is 6.94. The zero-order chi connectivity index (χ0) is 31.6. The number of hydrogen-bond acceptors (Lipinski definition) is 3. The third-order valence-corrected chi connectivity index (χ3v) is 7.85. The number of rotatable bonds is 8. The van der Waals surface area contributed by atoms with E-state index in [1.54, 1.807) is 30.4 Å². The summed E-state index contributed by atoms with van der Waals surface area (Å²) in [7, 11) is 2.09. The van der Waals surface area contributed by atoms with Crippen LogP contribution < -0.4 is 0 Å². The summed E-state index contributed by atoms with van der Waals surface area (Å²) in [6.07, 6.45) is 7.68. The van der Waals surface area contributed by atoms with Crippen molar-refractivity contribution in [1.29, 1.82) is 0 Å². The fraction of sp³-hybridized carbons (Fsp3) is 0.128. The molecule has 0 heterocycles. The highest BCUT2D eigenvalue weighted by molar-refractivity contribution is 7.85. The van der Waals surface area contributed by atoms with Crippen molar-refractivity contribution < 1.29 is 17.5 Å². The number of quaternary nitrogens is 1. The summed E-state index contributed by atoms with van der Waals surface area (Å²) in [4.78, 5) is -0.213. The first kappa shape index (κ1) is 32.4. The molecule has 5 heteroatoms. The summed E-state index contributed by atoms with van der Waals surface area (Å²) in [6, 6.07) is 41.4. The van der Waals surface area contributed by atoms with Gasteiger partial charge in [-0.1, -0.05) is 146 Å². The molecule has 0 spiro atoms. The molecule has 4 nitrogen and oxygen atoms in total. The molecule has 0 N–H and O–H groups in total. The van der Waals surface area contributed by atoms with Crippen molar-refractivity contribution in [3.8, 4) is 11.1 Å². The summed E-state index contributed by atoms with van der Waals surface area (Å²) in [5.74, 6) is 0. The molecule has 0 atom stereocenters. The zero-order valence-electron chi connectivity index (χ0n) is 25.7. The van der Waals surface area contributed by atoms with E-state index in [1.807, 2.05) is 36.4 Å². The molecule has 0 amide bonds. The molecule has 0 radical (unpaired) electrons. The molecule has 0 aliphatic heterocycles. The van der Waals surface area contributed by atoms with Crippen molar-refractivity contribution in [3.63, 3.8) is 0 Å². The summed E-state index contributed by atoms with van der Waals surface area (Å²) >= 11 is 0. The molecule has 0 aliphatic carbocycles. The second-order valence-electron chi connectivity index (χ2n) is 11.7. The van der Waals surface area contributed by atoms with Gasteiger partial charge in [-0.3, -0.25) is 0 Å². The van der Waals surface area contributed by atoms with Crippen molar-refractivity contribution in [1.82, 2.24) is 0 Å². The summed E-state index contributed by atoms with van der Waals surface area (Å²) in [5.41, 5.74) is 8.48. The van der Waals surface area contributed by atoms with Crippen LogP contribution in [0, 0.1) is 6.92 Å². The van der Waals surface area contributed by atoms with Gasteiger partial charge in [-0.25, -0.2) is 8.42 Å². The molecular formula is C39H39NO3S. The normalized spacial score (nSPS) is 11.8. The molecule has 0 aromatic heterocycles. The Balaban J connectivity index is 0.000000339. The second-order valence-corrected chi connectivity index (χ2v) is 13.0. The minimum absolute atomic E-state index is 0.213. The monoisotopic (exact) mass is 601 g/mol. The van der Waals surface area contributed by atoms with Crippen LogP contribution in [0.25, 0.3) is 35.4 Å². The predicted octanol–water partition coefficient (Wildman–Crippen LogP) is 8.80. The van der Waals surface area contributed by atoms with Crippen molar-refractivity contribution in [2.75, 3.05) is 21.1 Å².